The number of H-pyrrole nitrogens is 1. The van der Waals surface area contributed by atoms with Gasteiger partial charge in [-0.2, -0.15) is 10.4 Å². The van der Waals surface area contributed by atoms with E-state index in [2.05, 4.69) is 25.5 Å². The van der Waals surface area contributed by atoms with Crippen molar-refractivity contribution >= 4 is 5.82 Å². The number of aromatic amines is 1. The van der Waals surface area contributed by atoms with Crippen molar-refractivity contribution in [2.45, 2.75) is 26.3 Å². The minimum Gasteiger partial charge on any atom is -0.365 e. The molecule has 0 aliphatic rings. The van der Waals surface area contributed by atoms with Gasteiger partial charge in [0.1, 0.15) is 6.07 Å². The Balaban J connectivity index is 2.03. The summed E-state index contributed by atoms with van der Waals surface area (Å²) in [7, 11) is 0. The van der Waals surface area contributed by atoms with Crippen molar-refractivity contribution in [2.75, 3.05) is 5.32 Å². The molecule has 2 heterocycles. The van der Waals surface area contributed by atoms with Crippen LogP contribution in [0.4, 0.5) is 5.82 Å². The van der Waals surface area contributed by atoms with Gasteiger partial charge in [0.2, 0.25) is 0 Å². The van der Waals surface area contributed by atoms with Crippen molar-refractivity contribution in [3.63, 3.8) is 0 Å². The van der Waals surface area contributed by atoms with E-state index in [1.54, 1.807) is 6.20 Å². The Kier molecular flexibility index (Phi) is 3.53. The third-order valence-corrected chi connectivity index (χ3v) is 2.46. The van der Waals surface area contributed by atoms with E-state index in [-0.39, 0.29) is 6.04 Å². The smallest absolute Gasteiger partial charge is 0.182 e. The fourth-order valence-corrected chi connectivity index (χ4v) is 1.70. The molecule has 2 aromatic rings. The first-order chi connectivity index (χ1) is 8.69. The van der Waals surface area contributed by atoms with Gasteiger partial charge in [0.05, 0.1) is 5.69 Å². The maximum absolute atomic E-state index is 8.91. The van der Waals surface area contributed by atoms with Crippen LogP contribution in [0.25, 0.3) is 0 Å². The molecule has 6 nitrogen and oxygen atoms in total. The number of nitrogens with one attached hydrogen (secondary N) is 2. The van der Waals surface area contributed by atoms with Crippen LogP contribution in [0.15, 0.2) is 18.5 Å². The summed E-state index contributed by atoms with van der Waals surface area (Å²) in [5, 5.41) is 19.2. The van der Waals surface area contributed by atoms with Crippen molar-refractivity contribution in [1.82, 2.24) is 20.2 Å². The van der Waals surface area contributed by atoms with Crippen molar-refractivity contribution in [2.24, 2.45) is 0 Å². The van der Waals surface area contributed by atoms with Gasteiger partial charge in [0, 0.05) is 30.6 Å². The van der Waals surface area contributed by atoms with E-state index >= 15 is 0 Å². The Hall–Kier alpha value is -2.42. The molecule has 0 aliphatic carbocycles. The van der Waals surface area contributed by atoms with E-state index in [1.165, 1.54) is 6.20 Å². The van der Waals surface area contributed by atoms with Crippen molar-refractivity contribution in [3.05, 3.63) is 35.5 Å². The molecule has 6 heteroatoms. The molecule has 0 saturated carbocycles. The van der Waals surface area contributed by atoms with Crippen LogP contribution in [-0.4, -0.2) is 26.2 Å². The van der Waals surface area contributed by atoms with E-state index in [4.69, 9.17) is 5.26 Å². The first kappa shape index (κ1) is 12.0. The van der Waals surface area contributed by atoms with Crippen molar-refractivity contribution < 1.29 is 0 Å². The normalized spacial score (nSPS) is 11.8. The second-order valence-electron chi connectivity index (χ2n) is 4.16. The fraction of sp³-hybridized carbons (Fsp3) is 0.333. The molecule has 0 amide bonds. The number of rotatable bonds is 4. The third kappa shape index (κ3) is 2.83. The van der Waals surface area contributed by atoms with Gasteiger partial charge >= 0.3 is 0 Å². The highest BCUT2D eigenvalue weighted by atomic mass is 15.1. The molecule has 2 aromatic heterocycles. The maximum atomic E-state index is 8.91. The SMILES string of the molecule is Cc1cc(CC(C)Nc2nccnc2C#N)n[nH]1. The fourth-order valence-electron chi connectivity index (χ4n) is 1.70. The Morgan fingerprint density at radius 3 is 2.89 bits per heavy atom. The first-order valence-electron chi connectivity index (χ1n) is 5.67. The van der Waals surface area contributed by atoms with Gasteiger partial charge < -0.3 is 5.32 Å². The van der Waals surface area contributed by atoms with Gasteiger partial charge in [0.25, 0.3) is 0 Å². The highest BCUT2D eigenvalue weighted by molar-refractivity contribution is 5.47. The summed E-state index contributed by atoms with van der Waals surface area (Å²) in [5.41, 5.74) is 2.33. The summed E-state index contributed by atoms with van der Waals surface area (Å²) < 4.78 is 0. The predicted molar refractivity (Wildman–Crippen MR) is 66.9 cm³/mol. The lowest BCUT2D eigenvalue weighted by Gasteiger charge is -2.13. The molecule has 0 bridgehead atoms. The molecule has 0 aromatic carbocycles. The number of nitrogens with zero attached hydrogens (tertiary/aromatic N) is 4. The van der Waals surface area contributed by atoms with E-state index in [1.807, 2.05) is 26.0 Å². The lowest BCUT2D eigenvalue weighted by Crippen LogP contribution is -2.20. The van der Waals surface area contributed by atoms with Gasteiger partial charge in [-0.3, -0.25) is 5.10 Å². The molecule has 2 N–H and O–H groups in total. The number of aryl methyl sites for hydroxylation is 1. The summed E-state index contributed by atoms with van der Waals surface area (Å²) >= 11 is 0. The van der Waals surface area contributed by atoms with E-state index < -0.39 is 0 Å². The van der Waals surface area contributed by atoms with Crippen LogP contribution in [-0.2, 0) is 6.42 Å². The van der Waals surface area contributed by atoms with Crippen LogP contribution in [0.5, 0.6) is 0 Å². The summed E-state index contributed by atoms with van der Waals surface area (Å²) in [6.07, 6.45) is 3.83. The molecule has 0 fully saturated rings. The van der Waals surface area contributed by atoms with E-state index in [9.17, 15) is 0 Å². The summed E-state index contributed by atoms with van der Waals surface area (Å²) in [6, 6.07) is 4.13. The molecule has 1 unspecified atom stereocenters. The number of hydrogen-bond acceptors (Lipinski definition) is 5. The zero-order valence-electron chi connectivity index (χ0n) is 10.3. The maximum Gasteiger partial charge on any atom is 0.182 e. The molecule has 0 aliphatic heterocycles. The second-order valence-corrected chi connectivity index (χ2v) is 4.16. The Labute approximate surface area is 105 Å². The minimum atomic E-state index is 0.122. The molecular weight excluding hydrogens is 228 g/mol. The minimum absolute atomic E-state index is 0.122. The van der Waals surface area contributed by atoms with E-state index in [0.717, 1.165) is 17.8 Å². The molecule has 92 valence electrons. The standard InChI is InChI=1S/C12H14N6/c1-8(5-10-6-9(2)17-18-10)16-12-11(7-13)14-3-4-15-12/h3-4,6,8H,5H2,1-2H3,(H,15,16)(H,17,18). The van der Waals surface area contributed by atoms with Gasteiger partial charge in [-0.05, 0) is 19.9 Å². The molecule has 18 heavy (non-hydrogen) atoms. The topological polar surface area (TPSA) is 90.3 Å². The number of hydrogen-bond donors (Lipinski definition) is 2. The molecule has 0 spiro atoms. The zero-order chi connectivity index (χ0) is 13.0. The van der Waals surface area contributed by atoms with Crippen molar-refractivity contribution in [3.8, 4) is 6.07 Å². The molecule has 0 saturated heterocycles. The van der Waals surface area contributed by atoms with Gasteiger partial charge in [0.15, 0.2) is 11.5 Å². The Bertz CT molecular complexity index is 568. The third-order valence-electron chi connectivity index (χ3n) is 2.46. The van der Waals surface area contributed by atoms with Crippen LogP contribution in [0.1, 0.15) is 24.0 Å². The number of anilines is 1. The molecule has 2 rings (SSSR count). The quantitative estimate of drug-likeness (QED) is 0.846. The number of aromatic nitrogens is 4. The van der Waals surface area contributed by atoms with Crippen LogP contribution >= 0.6 is 0 Å². The first-order valence-corrected chi connectivity index (χ1v) is 5.67. The highest BCUT2D eigenvalue weighted by Gasteiger charge is 2.10. The van der Waals surface area contributed by atoms with Gasteiger partial charge in [-0.25, -0.2) is 9.97 Å². The predicted octanol–water partition coefficient (Wildman–Crippen LogP) is 1.42. The van der Waals surface area contributed by atoms with Gasteiger partial charge in [-0.15, -0.1) is 0 Å². The zero-order valence-corrected chi connectivity index (χ0v) is 10.3. The largest absolute Gasteiger partial charge is 0.365 e. The average Bonchev–Trinajstić information content (AvgIpc) is 2.75. The molecule has 1 atom stereocenters. The lowest BCUT2D eigenvalue weighted by atomic mass is 10.2. The number of nitriles is 1. The van der Waals surface area contributed by atoms with Gasteiger partial charge in [-0.1, -0.05) is 0 Å². The highest BCUT2D eigenvalue weighted by Crippen LogP contribution is 2.10. The van der Waals surface area contributed by atoms with Crippen LogP contribution in [0.2, 0.25) is 0 Å². The monoisotopic (exact) mass is 242 g/mol. The average molecular weight is 242 g/mol. The van der Waals surface area contributed by atoms with Crippen LogP contribution < -0.4 is 5.32 Å². The summed E-state index contributed by atoms with van der Waals surface area (Å²) in [6.45, 7) is 3.98. The van der Waals surface area contributed by atoms with Crippen LogP contribution in [0.3, 0.4) is 0 Å². The molecular formula is C12H14N6. The second kappa shape index (κ2) is 5.27. The lowest BCUT2D eigenvalue weighted by molar-refractivity contribution is 0.758. The van der Waals surface area contributed by atoms with Crippen LogP contribution in [0, 0.1) is 18.3 Å². The molecule has 0 radical (unpaired) electrons. The summed E-state index contributed by atoms with van der Waals surface area (Å²) in [4.78, 5) is 8.07. The Morgan fingerprint density at radius 2 is 2.22 bits per heavy atom. The summed E-state index contributed by atoms with van der Waals surface area (Å²) in [5.74, 6) is 0.514. The van der Waals surface area contributed by atoms with Crippen molar-refractivity contribution in [1.29, 1.82) is 5.26 Å². The van der Waals surface area contributed by atoms with E-state index in [0.29, 0.717) is 11.5 Å². The Morgan fingerprint density at radius 1 is 1.44 bits per heavy atom.